The topological polar surface area (TPSA) is 50.4 Å². The van der Waals surface area contributed by atoms with Crippen LogP contribution >= 0.6 is 12.4 Å². The Labute approximate surface area is 129 Å². The number of fused-ring (bicyclic) bond motifs is 2. The Balaban J connectivity index is 0.00000161. The molecular formula is C16H17ClFN3. The van der Waals surface area contributed by atoms with Crippen molar-refractivity contribution in [2.24, 2.45) is 10.7 Å². The minimum absolute atomic E-state index is 0. The van der Waals surface area contributed by atoms with Gasteiger partial charge in [0.25, 0.3) is 0 Å². The second-order valence-corrected chi connectivity index (χ2v) is 5.24. The van der Waals surface area contributed by atoms with Gasteiger partial charge in [0, 0.05) is 11.3 Å². The van der Waals surface area contributed by atoms with Gasteiger partial charge < -0.3 is 11.1 Å². The van der Waals surface area contributed by atoms with Gasteiger partial charge in [-0.25, -0.2) is 9.38 Å². The van der Waals surface area contributed by atoms with E-state index in [9.17, 15) is 4.39 Å². The van der Waals surface area contributed by atoms with E-state index in [0.29, 0.717) is 23.1 Å². The zero-order valence-corrected chi connectivity index (χ0v) is 12.7. The molecule has 21 heavy (non-hydrogen) atoms. The second-order valence-electron chi connectivity index (χ2n) is 5.24. The summed E-state index contributed by atoms with van der Waals surface area (Å²) in [6, 6.07) is 10.5. The molecule has 0 spiro atoms. The Bertz CT molecular complexity index is 711. The molecule has 5 heteroatoms. The fourth-order valence-electron chi connectivity index (χ4n) is 2.28. The summed E-state index contributed by atoms with van der Waals surface area (Å²) >= 11 is 0. The maximum atomic E-state index is 13.4. The molecule has 0 aliphatic carbocycles. The number of hydrogen-bond acceptors (Lipinski definition) is 3. The number of nitrogens with zero attached hydrogens (tertiary/aromatic N) is 1. The quantitative estimate of drug-likeness (QED) is 0.817. The molecule has 0 saturated heterocycles. The van der Waals surface area contributed by atoms with Gasteiger partial charge in [-0.1, -0.05) is 19.9 Å². The van der Waals surface area contributed by atoms with Crippen LogP contribution in [0.25, 0.3) is 0 Å². The first-order chi connectivity index (χ1) is 9.54. The fraction of sp³-hybridized carbons (Fsp3) is 0.188. The zero-order chi connectivity index (χ0) is 14.3. The first-order valence-electron chi connectivity index (χ1n) is 6.59. The predicted octanol–water partition coefficient (Wildman–Crippen LogP) is 4.46. The van der Waals surface area contributed by atoms with Crippen molar-refractivity contribution in [3.63, 3.8) is 0 Å². The van der Waals surface area contributed by atoms with Crippen LogP contribution in [0.15, 0.2) is 41.4 Å². The molecule has 0 unspecified atom stereocenters. The Morgan fingerprint density at radius 3 is 2.57 bits per heavy atom. The van der Waals surface area contributed by atoms with E-state index >= 15 is 0 Å². The van der Waals surface area contributed by atoms with E-state index < -0.39 is 0 Å². The van der Waals surface area contributed by atoms with E-state index in [1.54, 1.807) is 6.07 Å². The first kappa shape index (κ1) is 15.3. The molecule has 3 rings (SSSR count). The normalized spacial score (nSPS) is 12.5. The number of halogens is 2. The number of anilines is 2. The van der Waals surface area contributed by atoms with Crippen molar-refractivity contribution in [2.75, 3.05) is 5.32 Å². The van der Waals surface area contributed by atoms with Crippen molar-refractivity contribution in [1.29, 1.82) is 0 Å². The van der Waals surface area contributed by atoms with Crippen molar-refractivity contribution in [1.82, 2.24) is 0 Å². The van der Waals surface area contributed by atoms with E-state index in [0.717, 1.165) is 11.3 Å². The van der Waals surface area contributed by atoms with Gasteiger partial charge in [0.15, 0.2) is 0 Å². The first-order valence-corrected chi connectivity index (χ1v) is 6.59. The second kappa shape index (κ2) is 5.74. The number of rotatable bonds is 1. The van der Waals surface area contributed by atoms with E-state index in [1.807, 2.05) is 18.2 Å². The third kappa shape index (κ3) is 2.85. The lowest BCUT2D eigenvalue weighted by Crippen LogP contribution is -2.14. The minimum Gasteiger partial charge on any atom is -0.383 e. The molecule has 2 aromatic carbocycles. The minimum atomic E-state index is -0.299. The number of nitrogens with one attached hydrogen (secondary N) is 1. The number of nitrogens with two attached hydrogens (primary N) is 1. The van der Waals surface area contributed by atoms with Crippen LogP contribution in [0.3, 0.4) is 0 Å². The van der Waals surface area contributed by atoms with Crippen LogP contribution in [0.4, 0.5) is 21.5 Å². The summed E-state index contributed by atoms with van der Waals surface area (Å²) in [5, 5.41) is 3.21. The van der Waals surface area contributed by atoms with Crippen LogP contribution in [-0.4, -0.2) is 5.84 Å². The highest BCUT2D eigenvalue weighted by Crippen LogP contribution is 2.34. The van der Waals surface area contributed by atoms with Crippen LogP contribution in [0.2, 0.25) is 0 Å². The smallest absolute Gasteiger partial charge is 0.133 e. The van der Waals surface area contributed by atoms with Gasteiger partial charge >= 0.3 is 0 Å². The van der Waals surface area contributed by atoms with Crippen molar-refractivity contribution in [3.05, 3.63) is 53.3 Å². The monoisotopic (exact) mass is 305 g/mol. The molecule has 0 radical (unpaired) electrons. The summed E-state index contributed by atoms with van der Waals surface area (Å²) < 4.78 is 13.4. The average Bonchev–Trinajstić information content (AvgIpc) is 2.54. The lowest BCUT2D eigenvalue weighted by molar-refractivity contribution is 0.628. The summed E-state index contributed by atoms with van der Waals surface area (Å²) in [5.74, 6) is 0.559. The predicted molar refractivity (Wildman–Crippen MR) is 87.8 cm³/mol. The highest BCUT2D eigenvalue weighted by atomic mass is 35.5. The van der Waals surface area contributed by atoms with Gasteiger partial charge in [-0.3, -0.25) is 0 Å². The highest BCUT2D eigenvalue weighted by Gasteiger charge is 2.16. The third-order valence-corrected chi connectivity index (χ3v) is 3.46. The molecule has 1 aliphatic rings. The lowest BCUT2D eigenvalue weighted by Gasteiger charge is -2.12. The summed E-state index contributed by atoms with van der Waals surface area (Å²) in [5.41, 5.74) is 10.3. The van der Waals surface area contributed by atoms with Gasteiger partial charge in [0.2, 0.25) is 0 Å². The largest absolute Gasteiger partial charge is 0.383 e. The molecule has 1 aliphatic heterocycles. The van der Waals surface area contributed by atoms with E-state index in [4.69, 9.17) is 5.73 Å². The molecule has 0 amide bonds. The molecule has 0 saturated carbocycles. The van der Waals surface area contributed by atoms with Gasteiger partial charge in [-0.15, -0.1) is 12.4 Å². The molecule has 3 nitrogen and oxygen atoms in total. The fourth-order valence-corrected chi connectivity index (χ4v) is 2.28. The summed E-state index contributed by atoms with van der Waals surface area (Å²) in [4.78, 5) is 4.39. The number of benzene rings is 2. The zero-order valence-electron chi connectivity index (χ0n) is 11.9. The van der Waals surface area contributed by atoms with Crippen molar-refractivity contribution in [3.8, 4) is 0 Å². The van der Waals surface area contributed by atoms with E-state index in [-0.39, 0.29) is 18.2 Å². The number of amidine groups is 1. The highest BCUT2D eigenvalue weighted by molar-refractivity contribution is 6.06. The molecule has 0 bridgehead atoms. The van der Waals surface area contributed by atoms with Crippen LogP contribution in [0.5, 0.6) is 0 Å². The summed E-state index contributed by atoms with van der Waals surface area (Å²) in [6.45, 7) is 4.26. The van der Waals surface area contributed by atoms with Crippen molar-refractivity contribution < 1.29 is 4.39 Å². The molecule has 110 valence electrons. The van der Waals surface area contributed by atoms with Crippen LogP contribution in [0.1, 0.15) is 30.9 Å². The molecule has 2 aromatic rings. The third-order valence-electron chi connectivity index (χ3n) is 3.46. The van der Waals surface area contributed by atoms with E-state index in [1.165, 1.54) is 17.7 Å². The Kier molecular flexibility index (Phi) is 4.19. The van der Waals surface area contributed by atoms with Crippen molar-refractivity contribution in [2.45, 2.75) is 19.8 Å². The summed E-state index contributed by atoms with van der Waals surface area (Å²) in [6.07, 6.45) is 0. The number of hydrogen-bond donors (Lipinski definition) is 2. The maximum Gasteiger partial charge on any atom is 0.133 e. The van der Waals surface area contributed by atoms with Crippen LogP contribution in [-0.2, 0) is 0 Å². The molecular weight excluding hydrogens is 289 g/mol. The van der Waals surface area contributed by atoms with Crippen molar-refractivity contribution >= 4 is 35.3 Å². The van der Waals surface area contributed by atoms with Gasteiger partial charge in [0.1, 0.15) is 11.7 Å². The lowest BCUT2D eigenvalue weighted by atomic mass is 9.99. The van der Waals surface area contributed by atoms with Crippen LogP contribution < -0.4 is 11.1 Å². The van der Waals surface area contributed by atoms with Gasteiger partial charge in [-0.2, -0.15) is 0 Å². The molecule has 3 N–H and O–H groups in total. The Morgan fingerprint density at radius 1 is 1.10 bits per heavy atom. The molecule has 0 fully saturated rings. The van der Waals surface area contributed by atoms with E-state index in [2.05, 4.69) is 24.2 Å². The van der Waals surface area contributed by atoms with Gasteiger partial charge in [-0.05, 0) is 41.8 Å². The summed E-state index contributed by atoms with van der Waals surface area (Å²) in [7, 11) is 0. The molecule has 0 atom stereocenters. The average molecular weight is 306 g/mol. The Morgan fingerprint density at radius 2 is 1.86 bits per heavy atom. The van der Waals surface area contributed by atoms with Gasteiger partial charge in [0.05, 0.1) is 11.4 Å². The SMILES string of the molecule is CC(C)c1ccc2c(c1)C(N)=Nc1ccc(F)cc1N2.Cl. The van der Waals surface area contributed by atoms with Crippen LogP contribution in [0, 0.1) is 5.82 Å². The Hall–Kier alpha value is -2.07. The maximum absolute atomic E-state index is 13.4. The number of aliphatic imine (C=N–C) groups is 1. The molecule has 0 aromatic heterocycles. The standard InChI is InChI=1S/C16H16FN3.ClH/c1-9(2)10-3-5-13-12(7-10)16(18)20-14-6-4-11(17)8-15(14)19-13;/h3-9,19H,1-2H3,(H2,18,20);1H. The molecule has 1 heterocycles.